The molecule has 1 aromatic carbocycles. The smallest absolute Gasteiger partial charge is 0.305 e. The van der Waals surface area contributed by atoms with Gasteiger partial charge in [0.25, 0.3) is 0 Å². The van der Waals surface area contributed by atoms with Crippen LogP contribution in [0.2, 0.25) is 0 Å². The molecule has 134 valence electrons. The Morgan fingerprint density at radius 1 is 1.32 bits per heavy atom. The Hall–Kier alpha value is -2.34. The first-order chi connectivity index (χ1) is 12.1. The molecule has 1 fully saturated rings. The molecule has 0 bridgehead atoms. The Kier molecular flexibility index (Phi) is 5.38. The van der Waals surface area contributed by atoms with Crippen LogP contribution in [0.1, 0.15) is 30.4 Å². The molecule has 2 aromatic rings. The van der Waals surface area contributed by atoms with Gasteiger partial charge in [0.15, 0.2) is 0 Å². The summed E-state index contributed by atoms with van der Waals surface area (Å²) in [7, 11) is 0. The number of nitrogens with one attached hydrogen (secondary N) is 1. The van der Waals surface area contributed by atoms with E-state index in [0.29, 0.717) is 13.2 Å². The standard InChI is InChI=1S/C19H24N2O4/c1-13-3-2-4-16-14(12-20-19(13)16)11-17(22)21(8-5-18(23)24)15-6-9-25-10-7-15/h2-4,12,15,20H,5-11H2,1H3,(H,23,24). The van der Waals surface area contributed by atoms with Crippen LogP contribution in [0, 0.1) is 6.92 Å². The third-order valence-electron chi connectivity index (χ3n) is 4.87. The van der Waals surface area contributed by atoms with Crippen LogP contribution in [-0.2, 0) is 20.7 Å². The van der Waals surface area contributed by atoms with E-state index in [4.69, 9.17) is 9.84 Å². The molecule has 0 saturated carbocycles. The molecule has 2 heterocycles. The maximum atomic E-state index is 12.9. The van der Waals surface area contributed by atoms with E-state index in [2.05, 4.69) is 4.98 Å². The first kappa shape index (κ1) is 17.5. The van der Waals surface area contributed by atoms with Crippen LogP contribution in [0.15, 0.2) is 24.4 Å². The molecule has 3 rings (SSSR count). The van der Waals surface area contributed by atoms with Crippen LogP contribution in [-0.4, -0.2) is 52.7 Å². The molecule has 0 atom stereocenters. The predicted octanol–water partition coefficient (Wildman–Crippen LogP) is 2.50. The second-order valence-electron chi connectivity index (χ2n) is 6.56. The Balaban J connectivity index is 1.78. The highest BCUT2D eigenvalue weighted by atomic mass is 16.5. The second-order valence-corrected chi connectivity index (χ2v) is 6.56. The third kappa shape index (κ3) is 4.02. The highest BCUT2D eigenvalue weighted by molar-refractivity contribution is 5.90. The minimum Gasteiger partial charge on any atom is -0.481 e. The molecule has 6 heteroatoms. The van der Waals surface area contributed by atoms with Gasteiger partial charge in [0.05, 0.1) is 12.8 Å². The number of carboxylic acids is 1. The molecule has 1 aromatic heterocycles. The van der Waals surface area contributed by atoms with Crippen LogP contribution in [0.4, 0.5) is 0 Å². The van der Waals surface area contributed by atoms with Gasteiger partial charge in [-0.15, -0.1) is 0 Å². The summed E-state index contributed by atoms with van der Waals surface area (Å²) in [5.41, 5.74) is 3.15. The van der Waals surface area contributed by atoms with Crippen molar-refractivity contribution in [3.05, 3.63) is 35.5 Å². The zero-order valence-corrected chi connectivity index (χ0v) is 14.5. The van der Waals surface area contributed by atoms with Gasteiger partial charge in [0.2, 0.25) is 5.91 Å². The number of para-hydroxylation sites is 1. The number of aromatic amines is 1. The van der Waals surface area contributed by atoms with Crippen LogP contribution >= 0.6 is 0 Å². The zero-order valence-electron chi connectivity index (χ0n) is 14.5. The largest absolute Gasteiger partial charge is 0.481 e. The van der Waals surface area contributed by atoms with E-state index in [1.807, 2.05) is 31.3 Å². The van der Waals surface area contributed by atoms with E-state index in [1.165, 1.54) is 0 Å². The van der Waals surface area contributed by atoms with Crippen molar-refractivity contribution < 1.29 is 19.4 Å². The van der Waals surface area contributed by atoms with Gasteiger partial charge in [-0.05, 0) is 30.9 Å². The van der Waals surface area contributed by atoms with Crippen molar-refractivity contribution >= 4 is 22.8 Å². The fourth-order valence-electron chi connectivity index (χ4n) is 3.50. The Labute approximate surface area is 146 Å². The maximum Gasteiger partial charge on any atom is 0.305 e. The van der Waals surface area contributed by atoms with Gasteiger partial charge in [0.1, 0.15) is 0 Å². The number of aromatic nitrogens is 1. The van der Waals surface area contributed by atoms with E-state index >= 15 is 0 Å². The average molecular weight is 344 g/mol. The molecule has 0 aliphatic carbocycles. The molecule has 0 unspecified atom stereocenters. The summed E-state index contributed by atoms with van der Waals surface area (Å²) in [6.45, 7) is 3.52. The van der Waals surface area contributed by atoms with Gasteiger partial charge < -0.3 is 19.7 Å². The monoisotopic (exact) mass is 344 g/mol. The number of hydrogen-bond donors (Lipinski definition) is 2. The SMILES string of the molecule is Cc1cccc2c(CC(=O)N(CCC(=O)O)C3CCOCC3)c[nH]c12. The van der Waals surface area contributed by atoms with Crippen molar-refractivity contribution in [1.82, 2.24) is 9.88 Å². The number of H-pyrrole nitrogens is 1. The molecular formula is C19H24N2O4. The summed E-state index contributed by atoms with van der Waals surface area (Å²) in [5, 5.41) is 10.1. The van der Waals surface area contributed by atoms with Gasteiger partial charge in [-0.1, -0.05) is 18.2 Å². The minimum absolute atomic E-state index is 0.0180. The van der Waals surface area contributed by atoms with Gasteiger partial charge in [-0.3, -0.25) is 9.59 Å². The van der Waals surface area contributed by atoms with E-state index in [9.17, 15) is 9.59 Å². The molecule has 2 N–H and O–H groups in total. The summed E-state index contributed by atoms with van der Waals surface area (Å²) < 4.78 is 5.37. The number of carbonyl (C=O) groups excluding carboxylic acids is 1. The van der Waals surface area contributed by atoms with Crippen molar-refractivity contribution in [1.29, 1.82) is 0 Å². The van der Waals surface area contributed by atoms with E-state index in [-0.39, 0.29) is 31.3 Å². The zero-order chi connectivity index (χ0) is 17.8. The summed E-state index contributed by atoms with van der Waals surface area (Å²) >= 11 is 0. The molecular weight excluding hydrogens is 320 g/mol. The number of hydrogen-bond acceptors (Lipinski definition) is 3. The Bertz CT molecular complexity index is 762. The van der Waals surface area contributed by atoms with Crippen molar-refractivity contribution in [2.45, 2.75) is 38.6 Å². The fourth-order valence-corrected chi connectivity index (χ4v) is 3.50. The van der Waals surface area contributed by atoms with Gasteiger partial charge in [0, 0.05) is 42.9 Å². The number of amides is 1. The highest BCUT2D eigenvalue weighted by Gasteiger charge is 2.26. The van der Waals surface area contributed by atoms with Crippen LogP contribution in [0.3, 0.4) is 0 Å². The summed E-state index contributed by atoms with van der Waals surface area (Å²) in [6.07, 6.45) is 3.65. The molecule has 1 aliphatic heterocycles. The maximum absolute atomic E-state index is 12.9. The summed E-state index contributed by atoms with van der Waals surface area (Å²) in [6, 6.07) is 6.09. The van der Waals surface area contributed by atoms with Gasteiger partial charge in [-0.2, -0.15) is 0 Å². The number of fused-ring (bicyclic) bond motifs is 1. The molecule has 25 heavy (non-hydrogen) atoms. The van der Waals surface area contributed by atoms with E-state index < -0.39 is 5.97 Å². The second kappa shape index (κ2) is 7.70. The topological polar surface area (TPSA) is 82.6 Å². The van der Waals surface area contributed by atoms with E-state index in [1.54, 1.807) is 4.90 Å². The molecule has 0 spiro atoms. The Morgan fingerprint density at radius 3 is 2.80 bits per heavy atom. The average Bonchev–Trinajstić information content (AvgIpc) is 3.00. The number of aliphatic carboxylic acids is 1. The minimum atomic E-state index is -0.882. The van der Waals surface area contributed by atoms with Crippen LogP contribution in [0.25, 0.3) is 10.9 Å². The van der Waals surface area contributed by atoms with Crippen molar-refractivity contribution in [3.8, 4) is 0 Å². The number of ether oxygens (including phenoxy) is 1. The lowest BCUT2D eigenvalue weighted by Crippen LogP contribution is -2.45. The molecule has 1 aliphatic rings. The van der Waals surface area contributed by atoms with Gasteiger partial charge >= 0.3 is 5.97 Å². The lowest BCUT2D eigenvalue weighted by atomic mass is 10.0. The number of rotatable bonds is 6. The highest BCUT2D eigenvalue weighted by Crippen LogP contribution is 2.23. The number of carboxylic acid groups (broad SMARTS) is 1. The first-order valence-electron chi connectivity index (χ1n) is 8.71. The summed E-state index contributed by atoms with van der Waals surface area (Å²) in [4.78, 5) is 28.9. The molecule has 0 radical (unpaired) electrons. The quantitative estimate of drug-likeness (QED) is 0.843. The van der Waals surface area contributed by atoms with Gasteiger partial charge in [-0.25, -0.2) is 0 Å². The first-order valence-corrected chi connectivity index (χ1v) is 8.71. The number of aryl methyl sites for hydroxylation is 1. The summed E-state index contributed by atoms with van der Waals surface area (Å²) in [5.74, 6) is -0.900. The predicted molar refractivity (Wildman–Crippen MR) is 94.5 cm³/mol. The van der Waals surface area contributed by atoms with Crippen LogP contribution < -0.4 is 0 Å². The fraction of sp³-hybridized carbons (Fsp3) is 0.474. The van der Waals surface area contributed by atoms with Crippen molar-refractivity contribution in [2.24, 2.45) is 0 Å². The molecule has 1 saturated heterocycles. The number of carbonyl (C=O) groups is 2. The molecule has 6 nitrogen and oxygen atoms in total. The third-order valence-corrected chi connectivity index (χ3v) is 4.87. The van der Waals surface area contributed by atoms with Crippen molar-refractivity contribution in [3.63, 3.8) is 0 Å². The molecule has 1 amide bonds. The Morgan fingerprint density at radius 2 is 2.08 bits per heavy atom. The van der Waals surface area contributed by atoms with Crippen LogP contribution in [0.5, 0.6) is 0 Å². The van der Waals surface area contributed by atoms with Crippen molar-refractivity contribution in [2.75, 3.05) is 19.8 Å². The lowest BCUT2D eigenvalue weighted by Gasteiger charge is -2.34. The number of benzene rings is 1. The lowest BCUT2D eigenvalue weighted by molar-refractivity contribution is -0.140. The number of nitrogens with zero attached hydrogens (tertiary/aromatic N) is 1. The normalized spacial score (nSPS) is 15.4. The van der Waals surface area contributed by atoms with E-state index in [0.717, 1.165) is 34.9 Å².